The van der Waals surface area contributed by atoms with Crippen LogP contribution in [0.15, 0.2) is 28.7 Å². The molecule has 1 N–H and O–H groups in total. The summed E-state index contributed by atoms with van der Waals surface area (Å²) in [6.07, 6.45) is 0. The quantitative estimate of drug-likeness (QED) is 0.902. The number of aromatic nitrogens is 2. The van der Waals surface area contributed by atoms with E-state index in [1.54, 1.807) is 6.07 Å². The van der Waals surface area contributed by atoms with Gasteiger partial charge in [-0.1, -0.05) is 31.5 Å². The predicted octanol–water partition coefficient (Wildman–Crippen LogP) is 3.14. The maximum absolute atomic E-state index is 5.92. The maximum atomic E-state index is 5.92. The van der Waals surface area contributed by atoms with E-state index in [1.807, 2.05) is 18.2 Å². The zero-order chi connectivity index (χ0) is 13.0. The number of nitrogens with one attached hydrogen (secondary N) is 1. The van der Waals surface area contributed by atoms with E-state index < -0.39 is 0 Å². The summed E-state index contributed by atoms with van der Waals surface area (Å²) >= 11 is 5.92. The molecular weight excluding hydrogens is 250 g/mol. The minimum absolute atomic E-state index is 0.499. The van der Waals surface area contributed by atoms with Crippen molar-refractivity contribution < 1.29 is 4.42 Å². The second-order valence-corrected chi connectivity index (χ2v) is 4.97. The highest BCUT2D eigenvalue weighted by Gasteiger charge is 2.08. The van der Waals surface area contributed by atoms with Crippen molar-refractivity contribution in [1.29, 1.82) is 0 Å². The Morgan fingerprint density at radius 1 is 1.33 bits per heavy atom. The van der Waals surface area contributed by atoms with Crippen LogP contribution in [0.1, 0.15) is 19.7 Å². The molecule has 2 aromatic rings. The number of hydrogen-bond acceptors (Lipinski definition) is 4. The van der Waals surface area contributed by atoms with Crippen molar-refractivity contribution >= 4 is 11.6 Å². The van der Waals surface area contributed by atoms with Crippen molar-refractivity contribution in [2.45, 2.75) is 20.4 Å². The van der Waals surface area contributed by atoms with Crippen molar-refractivity contribution in [2.75, 3.05) is 6.54 Å². The molecule has 2 rings (SSSR count). The highest BCUT2D eigenvalue weighted by Crippen LogP contribution is 2.21. The largest absolute Gasteiger partial charge is 0.419 e. The third kappa shape index (κ3) is 3.55. The first kappa shape index (κ1) is 13.1. The zero-order valence-corrected chi connectivity index (χ0v) is 11.2. The van der Waals surface area contributed by atoms with Gasteiger partial charge < -0.3 is 9.73 Å². The molecule has 1 aromatic carbocycles. The summed E-state index contributed by atoms with van der Waals surface area (Å²) in [5.41, 5.74) is 0.838. The van der Waals surface area contributed by atoms with Gasteiger partial charge in [0.15, 0.2) is 0 Å². The highest BCUT2D eigenvalue weighted by atomic mass is 35.5. The summed E-state index contributed by atoms with van der Waals surface area (Å²) in [6.45, 7) is 5.82. The van der Waals surface area contributed by atoms with E-state index in [-0.39, 0.29) is 0 Å². The summed E-state index contributed by atoms with van der Waals surface area (Å²) in [5, 5.41) is 11.9. The van der Waals surface area contributed by atoms with Crippen molar-refractivity contribution in [1.82, 2.24) is 15.5 Å². The summed E-state index contributed by atoms with van der Waals surface area (Å²) in [4.78, 5) is 0. The van der Waals surface area contributed by atoms with Crippen LogP contribution in [0, 0.1) is 5.92 Å². The van der Waals surface area contributed by atoms with Crippen LogP contribution in [0.5, 0.6) is 0 Å². The molecule has 5 heteroatoms. The molecule has 0 radical (unpaired) electrons. The second-order valence-electron chi connectivity index (χ2n) is 4.54. The Hall–Kier alpha value is -1.39. The average molecular weight is 266 g/mol. The minimum Gasteiger partial charge on any atom is -0.419 e. The van der Waals surface area contributed by atoms with E-state index >= 15 is 0 Å². The molecular formula is C13H16ClN3O. The third-order valence-corrected chi connectivity index (χ3v) is 2.60. The molecule has 18 heavy (non-hydrogen) atoms. The molecule has 0 aliphatic heterocycles. The number of hydrogen-bond donors (Lipinski definition) is 1. The molecule has 4 nitrogen and oxygen atoms in total. The molecule has 0 aliphatic rings. The highest BCUT2D eigenvalue weighted by molar-refractivity contribution is 6.30. The zero-order valence-electron chi connectivity index (χ0n) is 10.5. The van der Waals surface area contributed by atoms with Crippen LogP contribution in [0.4, 0.5) is 0 Å². The van der Waals surface area contributed by atoms with E-state index in [9.17, 15) is 0 Å². The Kier molecular flexibility index (Phi) is 4.33. The monoisotopic (exact) mass is 265 g/mol. The summed E-state index contributed by atoms with van der Waals surface area (Å²) in [7, 11) is 0. The van der Waals surface area contributed by atoms with Crippen LogP contribution >= 0.6 is 11.6 Å². The summed E-state index contributed by atoms with van der Waals surface area (Å²) in [5.74, 6) is 1.68. The Morgan fingerprint density at radius 3 is 2.89 bits per heavy atom. The molecule has 0 atom stereocenters. The molecule has 0 saturated carbocycles. The van der Waals surface area contributed by atoms with Crippen LogP contribution in [0.3, 0.4) is 0 Å². The Balaban J connectivity index is 2.02. The lowest BCUT2D eigenvalue weighted by atomic mass is 10.2. The lowest BCUT2D eigenvalue weighted by Crippen LogP contribution is -2.19. The normalized spacial score (nSPS) is 11.1. The van der Waals surface area contributed by atoms with Gasteiger partial charge in [-0.25, -0.2) is 0 Å². The molecule has 0 bridgehead atoms. The fourth-order valence-corrected chi connectivity index (χ4v) is 1.72. The molecule has 1 aromatic heterocycles. The Morgan fingerprint density at radius 2 is 2.17 bits per heavy atom. The molecule has 1 heterocycles. The van der Waals surface area contributed by atoms with Gasteiger partial charge in [-0.3, -0.25) is 0 Å². The Bertz CT molecular complexity index is 510. The van der Waals surface area contributed by atoms with Crippen molar-refractivity contribution in [3.05, 3.63) is 35.2 Å². The van der Waals surface area contributed by atoms with Crippen molar-refractivity contribution in [3.8, 4) is 11.5 Å². The number of benzene rings is 1. The number of halogens is 1. The fraction of sp³-hybridized carbons (Fsp3) is 0.385. The second kappa shape index (κ2) is 5.98. The maximum Gasteiger partial charge on any atom is 0.247 e. The minimum atomic E-state index is 0.499. The van der Waals surface area contributed by atoms with Crippen molar-refractivity contribution in [2.24, 2.45) is 5.92 Å². The first-order valence-electron chi connectivity index (χ1n) is 5.94. The first-order valence-corrected chi connectivity index (χ1v) is 6.32. The van der Waals surface area contributed by atoms with Gasteiger partial charge in [0.2, 0.25) is 11.8 Å². The standard InChI is InChI=1S/C13H16ClN3O/c1-9(2)7-15-8-12-16-17-13(18-12)10-4-3-5-11(14)6-10/h3-6,9,15H,7-8H2,1-2H3. The van der Waals surface area contributed by atoms with Gasteiger partial charge in [-0.2, -0.15) is 0 Å². The van der Waals surface area contributed by atoms with Crippen LogP contribution < -0.4 is 5.32 Å². The van der Waals surface area contributed by atoms with Gasteiger partial charge in [0, 0.05) is 10.6 Å². The van der Waals surface area contributed by atoms with E-state index in [2.05, 4.69) is 29.4 Å². The third-order valence-electron chi connectivity index (χ3n) is 2.37. The molecule has 0 aliphatic carbocycles. The molecule has 0 unspecified atom stereocenters. The van der Waals surface area contributed by atoms with Crippen LogP contribution in [0.25, 0.3) is 11.5 Å². The van der Waals surface area contributed by atoms with Gasteiger partial charge >= 0.3 is 0 Å². The average Bonchev–Trinajstić information content (AvgIpc) is 2.77. The van der Waals surface area contributed by atoms with Crippen LogP contribution in [-0.4, -0.2) is 16.7 Å². The Labute approximate surface area is 111 Å². The smallest absolute Gasteiger partial charge is 0.247 e. The first-order chi connectivity index (χ1) is 8.65. The molecule has 0 amide bonds. The van der Waals surface area contributed by atoms with Gasteiger partial charge in [-0.15, -0.1) is 10.2 Å². The lowest BCUT2D eigenvalue weighted by molar-refractivity contribution is 0.459. The van der Waals surface area contributed by atoms with E-state index in [0.29, 0.717) is 29.3 Å². The number of nitrogens with zero attached hydrogens (tertiary/aromatic N) is 2. The summed E-state index contributed by atoms with van der Waals surface area (Å²) < 4.78 is 5.56. The molecule has 0 fully saturated rings. The fourth-order valence-electron chi connectivity index (χ4n) is 1.53. The van der Waals surface area contributed by atoms with E-state index in [4.69, 9.17) is 16.0 Å². The van der Waals surface area contributed by atoms with Gasteiger partial charge in [0.05, 0.1) is 6.54 Å². The van der Waals surface area contributed by atoms with Gasteiger partial charge in [-0.05, 0) is 30.7 Å². The molecule has 96 valence electrons. The predicted molar refractivity (Wildman–Crippen MR) is 71.3 cm³/mol. The number of rotatable bonds is 5. The van der Waals surface area contributed by atoms with E-state index in [0.717, 1.165) is 12.1 Å². The molecule has 0 saturated heterocycles. The van der Waals surface area contributed by atoms with Gasteiger partial charge in [0.25, 0.3) is 0 Å². The molecule has 0 spiro atoms. The van der Waals surface area contributed by atoms with Crippen LogP contribution in [-0.2, 0) is 6.54 Å². The van der Waals surface area contributed by atoms with Gasteiger partial charge in [0.1, 0.15) is 0 Å². The topological polar surface area (TPSA) is 51.0 Å². The van der Waals surface area contributed by atoms with Crippen molar-refractivity contribution in [3.63, 3.8) is 0 Å². The SMILES string of the molecule is CC(C)CNCc1nnc(-c2cccc(Cl)c2)o1. The summed E-state index contributed by atoms with van der Waals surface area (Å²) in [6, 6.07) is 7.37. The van der Waals surface area contributed by atoms with Crippen LogP contribution in [0.2, 0.25) is 5.02 Å². The lowest BCUT2D eigenvalue weighted by Gasteiger charge is -2.03. The van der Waals surface area contributed by atoms with E-state index in [1.165, 1.54) is 0 Å².